The molecule has 1 aromatic rings. The van der Waals surface area contributed by atoms with Crippen LogP contribution in [0.2, 0.25) is 0 Å². The molecule has 8 heteroatoms. The molecule has 4 N–H and O–H groups in total. The highest BCUT2D eigenvalue weighted by Crippen LogP contribution is 2.25. The van der Waals surface area contributed by atoms with E-state index in [4.69, 9.17) is 5.11 Å². The van der Waals surface area contributed by atoms with Crippen molar-refractivity contribution >= 4 is 12.0 Å². The number of nitrogens with zero attached hydrogens (tertiary/aromatic N) is 1. The highest BCUT2D eigenvalue weighted by atomic mass is 19.1. The molecule has 1 saturated carbocycles. The second-order valence-corrected chi connectivity index (χ2v) is 6.69. The first-order chi connectivity index (χ1) is 12.3. The lowest BCUT2D eigenvalue weighted by Gasteiger charge is -2.42. The third-order valence-corrected chi connectivity index (χ3v) is 4.73. The SMILES string of the molecule is CCN(CC(=O)O)C1CC(NC(=O)NC(C)C(O)c2cccc(F)c2)C1. The second-order valence-electron chi connectivity index (χ2n) is 6.69. The number of hydrogen-bond donors (Lipinski definition) is 4. The van der Waals surface area contributed by atoms with Gasteiger partial charge in [-0.3, -0.25) is 9.69 Å². The van der Waals surface area contributed by atoms with Gasteiger partial charge in [0.05, 0.1) is 18.7 Å². The van der Waals surface area contributed by atoms with Crippen molar-refractivity contribution in [2.45, 2.75) is 50.9 Å². The van der Waals surface area contributed by atoms with Gasteiger partial charge in [0.1, 0.15) is 5.82 Å². The Morgan fingerprint density at radius 2 is 2.08 bits per heavy atom. The molecular weight excluding hydrogens is 341 g/mol. The Labute approximate surface area is 152 Å². The van der Waals surface area contributed by atoms with E-state index in [9.17, 15) is 19.1 Å². The van der Waals surface area contributed by atoms with Crippen molar-refractivity contribution in [1.82, 2.24) is 15.5 Å². The molecule has 0 saturated heterocycles. The normalized spacial score (nSPS) is 21.6. The first-order valence-corrected chi connectivity index (χ1v) is 8.76. The number of aliphatic hydroxyl groups excluding tert-OH is 1. The summed E-state index contributed by atoms with van der Waals surface area (Å²) < 4.78 is 13.2. The van der Waals surface area contributed by atoms with Crippen molar-refractivity contribution in [3.63, 3.8) is 0 Å². The van der Waals surface area contributed by atoms with Crippen LogP contribution in [0.3, 0.4) is 0 Å². The fourth-order valence-electron chi connectivity index (χ4n) is 3.17. The smallest absolute Gasteiger partial charge is 0.317 e. The van der Waals surface area contributed by atoms with Gasteiger partial charge in [-0.1, -0.05) is 19.1 Å². The van der Waals surface area contributed by atoms with Crippen LogP contribution in [-0.2, 0) is 4.79 Å². The molecule has 0 aromatic heterocycles. The monoisotopic (exact) mass is 367 g/mol. The van der Waals surface area contributed by atoms with Gasteiger partial charge in [0.15, 0.2) is 0 Å². The van der Waals surface area contributed by atoms with E-state index in [-0.39, 0.29) is 18.6 Å². The van der Waals surface area contributed by atoms with E-state index < -0.39 is 30.0 Å². The number of carbonyl (C=O) groups excluding carboxylic acids is 1. The Bertz CT molecular complexity index is 637. The summed E-state index contributed by atoms with van der Waals surface area (Å²) >= 11 is 0. The molecule has 2 amide bonds. The molecule has 0 bridgehead atoms. The molecule has 1 aliphatic carbocycles. The molecule has 2 rings (SSSR count). The molecule has 26 heavy (non-hydrogen) atoms. The third-order valence-electron chi connectivity index (χ3n) is 4.73. The van der Waals surface area contributed by atoms with Crippen LogP contribution in [0.5, 0.6) is 0 Å². The minimum atomic E-state index is -1.02. The number of benzene rings is 1. The van der Waals surface area contributed by atoms with Gasteiger partial charge in [0, 0.05) is 12.1 Å². The predicted molar refractivity (Wildman–Crippen MR) is 94.2 cm³/mol. The number of aliphatic carboxylic acids is 1. The molecular formula is C18H26FN3O4. The fraction of sp³-hybridized carbons (Fsp3) is 0.556. The van der Waals surface area contributed by atoms with Gasteiger partial charge in [-0.2, -0.15) is 0 Å². The van der Waals surface area contributed by atoms with Crippen LogP contribution >= 0.6 is 0 Å². The summed E-state index contributed by atoms with van der Waals surface area (Å²) in [7, 11) is 0. The lowest BCUT2D eigenvalue weighted by molar-refractivity contribution is -0.139. The maximum Gasteiger partial charge on any atom is 0.317 e. The van der Waals surface area contributed by atoms with Gasteiger partial charge in [0.25, 0.3) is 0 Å². The molecule has 2 unspecified atom stereocenters. The highest BCUT2D eigenvalue weighted by molar-refractivity contribution is 5.74. The topological polar surface area (TPSA) is 102 Å². The van der Waals surface area contributed by atoms with E-state index in [2.05, 4.69) is 10.6 Å². The molecule has 1 aromatic carbocycles. The van der Waals surface area contributed by atoms with Crippen molar-refractivity contribution in [3.05, 3.63) is 35.6 Å². The maximum atomic E-state index is 13.2. The summed E-state index contributed by atoms with van der Waals surface area (Å²) in [6.07, 6.45) is 0.363. The number of aliphatic hydroxyl groups is 1. The number of rotatable bonds is 8. The van der Waals surface area contributed by atoms with E-state index in [1.807, 2.05) is 11.8 Å². The zero-order valence-electron chi connectivity index (χ0n) is 15.0. The van der Waals surface area contributed by atoms with Crippen LogP contribution in [0.15, 0.2) is 24.3 Å². The number of carboxylic acid groups (broad SMARTS) is 1. The van der Waals surface area contributed by atoms with E-state index in [1.165, 1.54) is 18.2 Å². The molecule has 0 aliphatic heterocycles. The molecule has 7 nitrogen and oxygen atoms in total. The average Bonchev–Trinajstić information content (AvgIpc) is 2.55. The van der Waals surface area contributed by atoms with Crippen molar-refractivity contribution in [2.75, 3.05) is 13.1 Å². The number of hydrogen-bond acceptors (Lipinski definition) is 4. The van der Waals surface area contributed by atoms with Gasteiger partial charge in [-0.25, -0.2) is 9.18 Å². The average molecular weight is 367 g/mol. The standard InChI is InChI=1S/C18H26FN3O4/c1-3-22(10-16(23)24)15-8-14(9-15)21-18(26)20-11(2)17(25)12-5-4-6-13(19)7-12/h4-7,11,14-15,17,25H,3,8-10H2,1-2H3,(H,23,24)(H2,20,21,26). The first-order valence-electron chi connectivity index (χ1n) is 8.76. The minimum Gasteiger partial charge on any atom is -0.480 e. The minimum absolute atomic E-state index is 0.00303. The zero-order valence-corrected chi connectivity index (χ0v) is 15.0. The van der Waals surface area contributed by atoms with Gasteiger partial charge < -0.3 is 20.8 Å². The largest absolute Gasteiger partial charge is 0.480 e. The third kappa shape index (κ3) is 5.40. The van der Waals surface area contributed by atoms with E-state index in [0.717, 1.165) is 0 Å². The quantitative estimate of drug-likeness (QED) is 0.558. The Balaban J connectivity index is 1.76. The number of amides is 2. The Kier molecular flexibility index (Phi) is 6.93. The Morgan fingerprint density at radius 1 is 1.38 bits per heavy atom. The Morgan fingerprint density at radius 3 is 2.65 bits per heavy atom. The molecule has 2 atom stereocenters. The summed E-state index contributed by atoms with van der Waals surface area (Å²) in [4.78, 5) is 24.8. The van der Waals surface area contributed by atoms with Gasteiger partial charge in [-0.05, 0) is 44.0 Å². The number of nitrogens with one attached hydrogen (secondary N) is 2. The predicted octanol–water partition coefficient (Wildman–Crippen LogP) is 1.48. The molecule has 144 valence electrons. The summed E-state index contributed by atoms with van der Waals surface area (Å²) in [6, 6.07) is 4.76. The number of carbonyl (C=O) groups is 2. The second kappa shape index (κ2) is 8.95. The number of likely N-dealkylation sites (N-methyl/N-ethyl adjacent to an activating group) is 1. The van der Waals surface area contributed by atoms with E-state index >= 15 is 0 Å². The summed E-state index contributed by atoms with van der Waals surface area (Å²) in [5, 5.41) is 24.6. The summed E-state index contributed by atoms with van der Waals surface area (Å²) in [5.41, 5.74) is 0.397. The fourth-order valence-corrected chi connectivity index (χ4v) is 3.17. The van der Waals surface area contributed by atoms with Gasteiger partial charge in [-0.15, -0.1) is 0 Å². The van der Waals surface area contributed by atoms with E-state index in [1.54, 1.807) is 13.0 Å². The maximum absolute atomic E-state index is 13.2. The van der Waals surface area contributed by atoms with Crippen LogP contribution in [0, 0.1) is 5.82 Å². The number of carboxylic acids is 1. The molecule has 1 aliphatic rings. The van der Waals surface area contributed by atoms with Crippen molar-refractivity contribution in [3.8, 4) is 0 Å². The van der Waals surface area contributed by atoms with Gasteiger partial charge in [0.2, 0.25) is 0 Å². The number of halogens is 1. The lowest BCUT2D eigenvalue weighted by Crippen LogP contribution is -2.57. The molecule has 0 spiro atoms. The van der Waals surface area contributed by atoms with Crippen molar-refractivity contribution in [1.29, 1.82) is 0 Å². The van der Waals surface area contributed by atoms with Crippen LogP contribution in [0.25, 0.3) is 0 Å². The van der Waals surface area contributed by atoms with Crippen LogP contribution < -0.4 is 10.6 Å². The lowest BCUT2D eigenvalue weighted by atomic mass is 9.85. The molecule has 0 heterocycles. The molecule has 0 radical (unpaired) electrons. The first kappa shape index (κ1) is 20.1. The van der Waals surface area contributed by atoms with Gasteiger partial charge >= 0.3 is 12.0 Å². The Hall–Kier alpha value is -2.19. The number of urea groups is 1. The van der Waals surface area contributed by atoms with Crippen LogP contribution in [0.4, 0.5) is 9.18 Å². The van der Waals surface area contributed by atoms with E-state index in [0.29, 0.717) is 24.9 Å². The van der Waals surface area contributed by atoms with Crippen molar-refractivity contribution in [2.24, 2.45) is 0 Å². The summed E-state index contributed by atoms with van der Waals surface area (Å²) in [5.74, 6) is -1.30. The van der Waals surface area contributed by atoms with Crippen LogP contribution in [-0.4, -0.2) is 58.3 Å². The zero-order chi connectivity index (χ0) is 19.3. The highest BCUT2D eigenvalue weighted by Gasteiger charge is 2.35. The molecule has 1 fully saturated rings. The summed E-state index contributed by atoms with van der Waals surface area (Å²) in [6.45, 7) is 4.19. The van der Waals surface area contributed by atoms with Crippen LogP contribution in [0.1, 0.15) is 38.4 Å². The van der Waals surface area contributed by atoms with Crippen molar-refractivity contribution < 1.29 is 24.2 Å².